The Morgan fingerprint density at radius 3 is 2.34 bits per heavy atom. The second-order valence-corrected chi connectivity index (χ2v) is 13.5. The molecule has 0 aromatic rings. The molecular weight excluding hydrogens is 356 g/mol. The molecule has 0 aromatic heterocycles. The molecule has 0 amide bonds. The molecule has 0 aliphatic heterocycles. The van der Waals surface area contributed by atoms with Crippen molar-refractivity contribution in [2.75, 3.05) is 0 Å². The number of aliphatic hydroxyl groups is 2. The third-order valence-corrected chi connectivity index (χ3v) is 10.9. The topological polar surface area (TPSA) is 40.5 Å². The normalized spacial score (nSPS) is 51.1. The number of rotatable bonds is 3. The van der Waals surface area contributed by atoms with Crippen molar-refractivity contribution in [2.45, 2.75) is 118 Å². The van der Waals surface area contributed by atoms with Gasteiger partial charge in [-0.3, -0.25) is 0 Å². The summed E-state index contributed by atoms with van der Waals surface area (Å²) in [5.41, 5.74) is 0.873. The maximum atomic E-state index is 11.6. The summed E-state index contributed by atoms with van der Waals surface area (Å²) >= 11 is 0. The SMILES string of the molecule is C[C@H](CCC(C)(C)C)[C@H]1CC[C@H]2[C@@H]3CC[C@@H]4C[C@H](O)CC[C@]4(C)[C@H]3C[C@H](O)[C@]12C. The molecule has 0 spiro atoms. The summed E-state index contributed by atoms with van der Waals surface area (Å²) in [6, 6.07) is 0. The Labute approximate surface area is 180 Å². The smallest absolute Gasteiger partial charge is 0.0602 e. The second kappa shape index (κ2) is 7.51. The minimum absolute atomic E-state index is 0.0806. The van der Waals surface area contributed by atoms with Crippen LogP contribution in [0.4, 0.5) is 0 Å². The highest BCUT2D eigenvalue weighted by Crippen LogP contribution is 2.68. The fraction of sp³-hybridized carbons (Fsp3) is 1.00. The molecule has 0 radical (unpaired) electrons. The maximum Gasteiger partial charge on any atom is 0.0602 e. The monoisotopic (exact) mass is 404 g/mol. The van der Waals surface area contributed by atoms with Gasteiger partial charge in [0.15, 0.2) is 0 Å². The molecule has 0 saturated heterocycles. The van der Waals surface area contributed by atoms with Crippen molar-refractivity contribution in [3.8, 4) is 0 Å². The van der Waals surface area contributed by atoms with Crippen LogP contribution in [0.2, 0.25) is 0 Å². The maximum absolute atomic E-state index is 11.6. The van der Waals surface area contributed by atoms with E-state index in [1.807, 2.05) is 0 Å². The molecule has 2 N–H and O–H groups in total. The highest BCUT2D eigenvalue weighted by atomic mass is 16.3. The van der Waals surface area contributed by atoms with Gasteiger partial charge in [0.05, 0.1) is 12.2 Å². The van der Waals surface area contributed by atoms with E-state index >= 15 is 0 Å². The van der Waals surface area contributed by atoms with Crippen LogP contribution in [-0.4, -0.2) is 22.4 Å². The zero-order valence-corrected chi connectivity index (χ0v) is 20.1. The minimum atomic E-state index is -0.138. The van der Waals surface area contributed by atoms with Crippen LogP contribution in [0.15, 0.2) is 0 Å². The number of aliphatic hydroxyl groups excluding tert-OH is 2. The van der Waals surface area contributed by atoms with Gasteiger partial charge in [-0.15, -0.1) is 0 Å². The van der Waals surface area contributed by atoms with Crippen LogP contribution in [0.1, 0.15) is 106 Å². The first-order valence-corrected chi connectivity index (χ1v) is 12.8. The Morgan fingerprint density at radius 2 is 1.66 bits per heavy atom. The summed E-state index contributed by atoms with van der Waals surface area (Å²) in [6.07, 6.45) is 11.8. The van der Waals surface area contributed by atoms with Crippen LogP contribution < -0.4 is 0 Å². The summed E-state index contributed by atoms with van der Waals surface area (Å²) in [5.74, 6) is 4.26. The van der Waals surface area contributed by atoms with E-state index in [9.17, 15) is 10.2 Å². The summed E-state index contributed by atoms with van der Waals surface area (Å²) in [4.78, 5) is 0. The van der Waals surface area contributed by atoms with E-state index in [2.05, 4.69) is 41.5 Å². The van der Waals surface area contributed by atoms with Crippen molar-refractivity contribution < 1.29 is 10.2 Å². The average molecular weight is 405 g/mol. The first-order valence-electron chi connectivity index (χ1n) is 12.8. The molecule has 10 atom stereocenters. The van der Waals surface area contributed by atoms with Gasteiger partial charge in [0, 0.05) is 0 Å². The van der Waals surface area contributed by atoms with Crippen LogP contribution in [0.3, 0.4) is 0 Å². The van der Waals surface area contributed by atoms with Gasteiger partial charge in [0.1, 0.15) is 0 Å². The first kappa shape index (κ1) is 22.1. The van der Waals surface area contributed by atoms with Gasteiger partial charge in [0.25, 0.3) is 0 Å². The molecule has 2 nitrogen and oxygen atoms in total. The van der Waals surface area contributed by atoms with Crippen LogP contribution in [0, 0.1) is 51.8 Å². The van der Waals surface area contributed by atoms with Crippen molar-refractivity contribution in [3.05, 3.63) is 0 Å². The molecule has 0 aromatic carbocycles. The summed E-state index contributed by atoms with van der Waals surface area (Å²) in [6.45, 7) is 14.6. The fourth-order valence-electron chi connectivity index (χ4n) is 9.02. The lowest BCUT2D eigenvalue weighted by Crippen LogP contribution is -2.58. The van der Waals surface area contributed by atoms with Crippen LogP contribution >= 0.6 is 0 Å². The van der Waals surface area contributed by atoms with Crippen LogP contribution in [0.25, 0.3) is 0 Å². The summed E-state index contributed by atoms with van der Waals surface area (Å²) in [7, 11) is 0. The van der Waals surface area contributed by atoms with Gasteiger partial charge in [0.2, 0.25) is 0 Å². The lowest BCUT2D eigenvalue weighted by atomic mass is 9.43. The Balaban J connectivity index is 1.54. The van der Waals surface area contributed by atoms with E-state index in [1.165, 1.54) is 44.9 Å². The van der Waals surface area contributed by atoms with Crippen molar-refractivity contribution >= 4 is 0 Å². The molecule has 4 rings (SSSR count). The molecule has 2 heteroatoms. The number of hydrogen-bond donors (Lipinski definition) is 2. The lowest BCUT2D eigenvalue weighted by Gasteiger charge is -2.62. The summed E-state index contributed by atoms with van der Waals surface area (Å²) in [5, 5.41) is 21.9. The van der Waals surface area contributed by atoms with E-state index in [0.29, 0.717) is 40.4 Å². The predicted octanol–water partition coefficient (Wildman–Crippen LogP) is 6.44. The van der Waals surface area contributed by atoms with E-state index < -0.39 is 0 Å². The molecule has 4 aliphatic carbocycles. The number of hydrogen-bond acceptors (Lipinski definition) is 2. The Kier molecular flexibility index (Phi) is 5.73. The molecule has 4 fully saturated rings. The van der Waals surface area contributed by atoms with Gasteiger partial charge in [-0.25, -0.2) is 0 Å². The Morgan fingerprint density at radius 1 is 0.931 bits per heavy atom. The molecule has 0 unspecified atom stereocenters. The first-order chi connectivity index (χ1) is 13.5. The van der Waals surface area contributed by atoms with Crippen molar-refractivity contribution in [1.29, 1.82) is 0 Å². The van der Waals surface area contributed by atoms with E-state index in [4.69, 9.17) is 0 Å². The van der Waals surface area contributed by atoms with Gasteiger partial charge in [-0.2, -0.15) is 0 Å². The van der Waals surface area contributed by atoms with Crippen LogP contribution in [0.5, 0.6) is 0 Å². The van der Waals surface area contributed by atoms with Gasteiger partial charge >= 0.3 is 0 Å². The quantitative estimate of drug-likeness (QED) is 0.568. The largest absolute Gasteiger partial charge is 0.393 e. The molecule has 0 bridgehead atoms. The molecular formula is C27H48O2. The van der Waals surface area contributed by atoms with Gasteiger partial charge < -0.3 is 10.2 Å². The number of fused-ring (bicyclic) bond motifs is 5. The van der Waals surface area contributed by atoms with Crippen molar-refractivity contribution in [2.24, 2.45) is 51.8 Å². The van der Waals surface area contributed by atoms with Crippen LogP contribution in [-0.2, 0) is 0 Å². The average Bonchev–Trinajstić information content (AvgIpc) is 3.00. The van der Waals surface area contributed by atoms with Gasteiger partial charge in [-0.05, 0) is 116 Å². The second-order valence-electron chi connectivity index (χ2n) is 13.5. The summed E-state index contributed by atoms with van der Waals surface area (Å²) < 4.78 is 0. The molecule has 0 heterocycles. The predicted molar refractivity (Wildman–Crippen MR) is 120 cm³/mol. The minimum Gasteiger partial charge on any atom is -0.393 e. The highest BCUT2D eigenvalue weighted by molar-refractivity contribution is 5.12. The van der Waals surface area contributed by atoms with E-state index in [-0.39, 0.29) is 17.6 Å². The Bertz CT molecular complexity index is 594. The third-order valence-electron chi connectivity index (χ3n) is 10.9. The van der Waals surface area contributed by atoms with Crippen molar-refractivity contribution in [1.82, 2.24) is 0 Å². The molecule has 4 saturated carbocycles. The molecule has 29 heavy (non-hydrogen) atoms. The molecule has 168 valence electrons. The standard InChI is InChI=1S/C27H48O2/c1-17(11-13-25(2,3)4)21-9-10-22-20-8-7-18-15-19(28)12-14-26(18,5)23(20)16-24(29)27(21,22)6/h17-24,28-29H,7-16H2,1-6H3/t17-,18-,19-,20+,21-,22+,23+,24+,26+,27-/m1/s1. The fourth-order valence-corrected chi connectivity index (χ4v) is 9.02. The highest BCUT2D eigenvalue weighted by Gasteiger charge is 2.63. The zero-order valence-electron chi connectivity index (χ0n) is 20.1. The lowest BCUT2D eigenvalue weighted by molar-refractivity contribution is -0.175. The Hall–Kier alpha value is -0.0800. The van der Waals surface area contributed by atoms with Crippen molar-refractivity contribution in [3.63, 3.8) is 0 Å². The molecule has 4 aliphatic rings. The van der Waals surface area contributed by atoms with Gasteiger partial charge in [-0.1, -0.05) is 41.5 Å². The third kappa shape index (κ3) is 3.63. The van der Waals surface area contributed by atoms with E-state index in [0.717, 1.165) is 25.2 Å². The zero-order chi connectivity index (χ0) is 21.2. The van der Waals surface area contributed by atoms with E-state index in [1.54, 1.807) is 0 Å².